The van der Waals surface area contributed by atoms with Crippen molar-refractivity contribution in [2.24, 2.45) is 0 Å². The van der Waals surface area contributed by atoms with Crippen molar-refractivity contribution < 1.29 is 37.0 Å². The molecule has 10 nitrogen and oxygen atoms in total. The van der Waals surface area contributed by atoms with Crippen LogP contribution in [0.3, 0.4) is 0 Å². The summed E-state index contributed by atoms with van der Waals surface area (Å²) in [6.07, 6.45) is 0.0449. The topological polar surface area (TPSA) is 128 Å². The summed E-state index contributed by atoms with van der Waals surface area (Å²) in [5.74, 6) is -0.648. The maximum absolute atomic E-state index is 12.6. The molecule has 0 fully saturated rings. The van der Waals surface area contributed by atoms with Gasteiger partial charge in [-0.15, -0.1) is 11.3 Å². The molecular formula is C23H28N2O8S2. The van der Waals surface area contributed by atoms with Crippen molar-refractivity contribution in [1.82, 2.24) is 4.90 Å². The Kier molecular flexibility index (Phi) is 8.73. The number of anilines is 1. The Morgan fingerprint density at radius 1 is 1.14 bits per heavy atom. The molecule has 0 saturated heterocycles. The van der Waals surface area contributed by atoms with Gasteiger partial charge in [0.2, 0.25) is 5.91 Å². The molecule has 0 aliphatic carbocycles. The fourth-order valence-electron chi connectivity index (χ4n) is 3.69. The third kappa shape index (κ3) is 6.31. The van der Waals surface area contributed by atoms with E-state index in [1.807, 2.05) is 0 Å². The van der Waals surface area contributed by atoms with E-state index in [2.05, 4.69) is 5.32 Å². The van der Waals surface area contributed by atoms with E-state index in [0.29, 0.717) is 23.7 Å². The molecule has 1 aliphatic rings. The lowest BCUT2D eigenvalue weighted by molar-refractivity contribution is -0.116. The number of carbonyl (C=O) groups excluding carboxylic acids is 3. The molecule has 0 spiro atoms. The fraction of sp³-hybridized carbons (Fsp3) is 0.435. The van der Waals surface area contributed by atoms with Crippen LogP contribution in [0.4, 0.5) is 9.80 Å². The number of hydrogen-bond donors (Lipinski definition) is 1. The highest BCUT2D eigenvalue weighted by Gasteiger charge is 2.31. The van der Waals surface area contributed by atoms with E-state index >= 15 is 0 Å². The second kappa shape index (κ2) is 11.5. The maximum Gasteiger partial charge on any atom is 0.410 e. The van der Waals surface area contributed by atoms with Crippen LogP contribution in [0.5, 0.6) is 5.75 Å². The zero-order valence-corrected chi connectivity index (χ0v) is 21.4. The van der Waals surface area contributed by atoms with Crippen LogP contribution in [0.1, 0.15) is 40.6 Å². The SMILES string of the molecule is CCOC(=O)N1CCc2c(sc(NC(=O)CCCS(=O)(=O)c3ccc(OC)cc3)c2C(=O)OC)C1. The predicted molar refractivity (Wildman–Crippen MR) is 130 cm³/mol. The van der Waals surface area contributed by atoms with Crippen LogP contribution in [-0.4, -0.2) is 64.4 Å². The Morgan fingerprint density at radius 3 is 2.49 bits per heavy atom. The van der Waals surface area contributed by atoms with Gasteiger partial charge in [-0.2, -0.15) is 0 Å². The van der Waals surface area contributed by atoms with E-state index in [1.54, 1.807) is 24.0 Å². The molecule has 35 heavy (non-hydrogen) atoms. The number of rotatable bonds is 9. The third-order valence-electron chi connectivity index (χ3n) is 5.46. The molecule has 0 bridgehead atoms. The molecule has 190 valence electrons. The minimum atomic E-state index is -3.56. The number of nitrogens with one attached hydrogen (secondary N) is 1. The van der Waals surface area contributed by atoms with Gasteiger partial charge < -0.3 is 24.4 Å². The monoisotopic (exact) mass is 524 g/mol. The molecule has 0 atom stereocenters. The van der Waals surface area contributed by atoms with Gasteiger partial charge in [0, 0.05) is 17.8 Å². The number of sulfone groups is 1. The maximum atomic E-state index is 12.6. The first-order valence-corrected chi connectivity index (χ1v) is 13.5. The minimum absolute atomic E-state index is 0.0481. The highest BCUT2D eigenvalue weighted by atomic mass is 32.2. The summed E-state index contributed by atoms with van der Waals surface area (Å²) in [5.41, 5.74) is 1.01. The molecule has 3 rings (SSSR count). The first kappa shape index (κ1) is 26.5. The number of methoxy groups -OCH3 is 2. The first-order valence-electron chi connectivity index (χ1n) is 11.0. The molecule has 12 heteroatoms. The third-order valence-corrected chi connectivity index (χ3v) is 8.41. The largest absolute Gasteiger partial charge is 0.497 e. The quantitative estimate of drug-likeness (QED) is 0.495. The van der Waals surface area contributed by atoms with Gasteiger partial charge in [0.15, 0.2) is 9.84 Å². The van der Waals surface area contributed by atoms with Crippen molar-refractivity contribution >= 4 is 44.1 Å². The molecule has 0 unspecified atom stereocenters. The number of amides is 2. The van der Waals surface area contributed by atoms with E-state index in [4.69, 9.17) is 14.2 Å². The summed E-state index contributed by atoms with van der Waals surface area (Å²) in [4.78, 5) is 39.6. The summed E-state index contributed by atoms with van der Waals surface area (Å²) in [6.45, 7) is 2.63. The molecular weight excluding hydrogens is 496 g/mol. The highest BCUT2D eigenvalue weighted by molar-refractivity contribution is 7.91. The minimum Gasteiger partial charge on any atom is -0.497 e. The second-order valence-corrected chi connectivity index (χ2v) is 10.9. The van der Waals surface area contributed by atoms with Crippen LogP contribution < -0.4 is 10.1 Å². The van der Waals surface area contributed by atoms with Crippen molar-refractivity contribution in [3.8, 4) is 5.75 Å². The van der Waals surface area contributed by atoms with Crippen molar-refractivity contribution in [2.75, 3.05) is 38.4 Å². The number of fused-ring (bicyclic) bond motifs is 1. The lowest BCUT2D eigenvalue weighted by atomic mass is 10.0. The van der Waals surface area contributed by atoms with E-state index in [-0.39, 0.29) is 42.2 Å². The van der Waals surface area contributed by atoms with Crippen LogP contribution in [0.15, 0.2) is 29.2 Å². The number of esters is 1. The number of ether oxygens (including phenoxy) is 3. The average molecular weight is 525 g/mol. The standard InChI is InChI=1S/C23H28N2O8S2/c1-4-33-23(28)25-12-11-17-18(14-25)34-21(20(17)22(27)32-3)24-19(26)6-5-13-35(29,30)16-9-7-15(31-2)8-10-16/h7-10H,4-6,11-14H2,1-3H3,(H,24,26). The molecule has 1 aromatic carbocycles. The van der Waals surface area contributed by atoms with Gasteiger partial charge in [0.05, 0.1) is 43.6 Å². The first-order chi connectivity index (χ1) is 16.7. The Balaban J connectivity index is 1.66. The van der Waals surface area contributed by atoms with Gasteiger partial charge in [0.1, 0.15) is 10.8 Å². The normalized spacial score (nSPS) is 13.1. The second-order valence-electron chi connectivity index (χ2n) is 7.72. The number of hydrogen-bond acceptors (Lipinski definition) is 9. The molecule has 0 saturated carbocycles. The predicted octanol–water partition coefficient (Wildman–Crippen LogP) is 3.25. The van der Waals surface area contributed by atoms with Gasteiger partial charge in [0.25, 0.3) is 0 Å². The Bertz CT molecular complexity index is 1190. The summed E-state index contributed by atoms with van der Waals surface area (Å²) < 4.78 is 40.1. The van der Waals surface area contributed by atoms with Crippen LogP contribution in [0.2, 0.25) is 0 Å². The smallest absolute Gasteiger partial charge is 0.410 e. The lowest BCUT2D eigenvalue weighted by Crippen LogP contribution is -2.36. The average Bonchev–Trinajstić information content (AvgIpc) is 3.20. The van der Waals surface area contributed by atoms with Crippen molar-refractivity contribution in [3.05, 3.63) is 40.3 Å². The summed E-state index contributed by atoms with van der Waals surface area (Å²) >= 11 is 1.20. The molecule has 2 heterocycles. The van der Waals surface area contributed by atoms with Gasteiger partial charge in [-0.05, 0) is 49.6 Å². The van der Waals surface area contributed by atoms with E-state index in [9.17, 15) is 22.8 Å². The fourth-order valence-corrected chi connectivity index (χ4v) is 6.27. The summed E-state index contributed by atoms with van der Waals surface area (Å²) in [6, 6.07) is 6.06. The van der Waals surface area contributed by atoms with Gasteiger partial charge in [-0.3, -0.25) is 4.79 Å². The summed E-state index contributed by atoms with van der Waals surface area (Å²) in [7, 11) is -0.803. The Hall–Kier alpha value is -3.12. The van der Waals surface area contributed by atoms with Crippen molar-refractivity contribution in [2.45, 2.75) is 37.6 Å². The molecule has 2 aromatic rings. The lowest BCUT2D eigenvalue weighted by Gasteiger charge is -2.26. The van der Waals surface area contributed by atoms with Gasteiger partial charge in [-0.25, -0.2) is 18.0 Å². The van der Waals surface area contributed by atoms with Gasteiger partial charge >= 0.3 is 12.1 Å². The zero-order valence-electron chi connectivity index (χ0n) is 19.8. The van der Waals surface area contributed by atoms with Crippen LogP contribution in [-0.2, 0) is 37.1 Å². The molecule has 1 aliphatic heterocycles. The highest BCUT2D eigenvalue weighted by Crippen LogP contribution is 2.38. The number of thiophene rings is 1. The van der Waals surface area contributed by atoms with E-state index < -0.39 is 27.8 Å². The van der Waals surface area contributed by atoms with Crippen LogP contribution in [0, 0.1) is 0 Å². The molecule has 0 radical (unpaired) electrons. The number of carbonyl (C=O) groups is 3. The Labute approximate surface area is 208 Å². The molecule has 1 N–H and O–H groups in total. The summed E-state index contributed by atoms with van der Waals surface area (Å²) in [5, 5.41) is 3.06. The molecule has 1 aromatic heterocycles. The van der Waals surface area contributed by atoms with Crippen molar-refractivity contribution in [3.63, 3.8) is 0 Å². The number of nitrogens with zero attached hydrogens (tertiary/aromatic N) is 1. The Morgan fingerprint density at radius 2 is 1.86 bits per heavy atom. The van der Waals surface area contributed by atoms with Crippen LogP contribution >= 0.6 is 11.3 Å². The van der Waals surface area contributed by atoms with Gasteiger partial charge in [-0.1, -0.05) is 0 Å². The van der Waals surface area contributed by atoms with E-state index in [0.717, 1.165) is 10.4 Å². The number of benzene rings is 1. The van der Waals surface area contributed by atoms with Crippen LogP contribution in [0.25, 0.3) is 0 Å². The van der Waals surface area contributed by atoms with Crippen molar-refractivity contribution in [1.29, 1.82) is 0 Å². The van der Waals surface area contributed by atoms with E-state index in [1.165, 1.54) is 37.7 Å². The zero-order chi connectivity index (χ0) is 25.6. The molecule has 2 amide bonds.